The van der Waals surface area contributed by atoms with Gasteiger partial charge in [0.2, 0.25) is 0 Å². The maximum absolute atomic E-state index is 10.5. The zero-order valence-corrected chi connectivity index (χ0v) is 18.9. The summed E-state index contributed by atoms with van der Waals surface area (Å²) in [7, 11) is 0. The van der Waals surface area contributed by atoms with E-state index in [1.54, 1.807) is 5.57 Å². The van der Waals surface area contributed by atoms with Gasteiger partial charge in [0, 0.05) is 12.0 Å². The molecule has 0 saturated heterocycles. The molecule has 2 nitrogen and oxygen atoms in total. The van der Waals surface area contributed by atoms with Gasteiger partial charge in [-0.15, -0.1) is 0 Å². The van der Waals surface area contributed by atoms with Gasteiger partial charge >= 0.3 is 0 Å². The summed E-state index contributed by atoms with van der Waals surface area (Å²) in [6.07, 6.45) is 17.2. The molecular formula is C27H42O2. The molecular weight excluding hydrogens is 356 g/mol. The second kappa shape index (κ2) is 8.00. The molecule has 0 unspecified atom stereocenters. The SMILES string of the molecule is C=C(C/C=C\[C@H]1CC[C@H]2C3=CC[C@H]4C[C@@H](O)CC[C@]4(CO)[C@H]3CC[C@]12C)C(C)C. The maximum atomic E-state index is 10.5. The Morgan fingerprint density at radius 3 is 2.72 bits per heavy atom. The number of fused-ring (bicyclic) bond motifs is 5. The van der Waals surface area contributed by atoms with Gasteiger partial charge < -0.3 is 10.2 Å². The molecule has 4 aliphatic carbocycles. The van der Waals surface area contributed by atoms with Crippen LogP contribution in [0.15, 0.2) is 36.0 Å². The molecule has 162 valence electrons. The topological polar surface area (TPSA) is 40.5 Å². The van der Waals surface area contributed by atoms with Crippen LogP contribution >= 0.6 is 0 Å². The number of hydrogen-bond acceptors (Lipinski definition) is 2. The van der Waals surface area contributed by atoms with E-state index in [0.717, 1.165) is 32.1 Å². The lowest BCUT2D eigenvalue weighted by molar-refractivity contribution is -0.0794. The highest BCUT2D eigenvalue weighted by atomic mass is 16.3. The normalized spacial score (nSPS) is 44.3. The molecule has 0 aromatic rings. The van der Waals surface area contributed by atoms with Crippen molar-refractivity contribution in [3.05, 3.63) is 36.0 Å². The van der Waals surface area contributed by atoms with Crippen LogP contribution in [0.3, 0.4) is 0 Å². The molecule has 0 heterocycles. The number of rotatable bonds is 5. The molecule has 0 radical (unpaired) electrons. The number of hydrogen-bond donors (Lipinski definition) is 2. The number of aliphatic hydroxyl groups is 2. The molecule has 2 N–H and O–H groups in total. The summed E-state index contributed by atoms with van der Waals surface area (Å²) in [6, 6.07) is 0. The smallest absolute Gasteiger partial charge is 0.0543 e. The molecule has 0 bridgehead atoms. The van der Waals surface area contributed by atoms with E-state index in [1.807, 2.05) is 0 Å². The third-order valence-electron chi connectivity index (χ3n) is 9.69. The van der Waals surface area contributed by atoms with Crippen LogP contribution in [-0.4, -0.2) is 22.9 Å². The Hall–Kier alpha value is -0.860. The lowest BCUT2D eigenvalue weighted by atomic mass is 9.47. The van der Waals surface area contributed by atoms with E-state index in [2.05, 4.69) is 45.6 Å². The van der Waals surface area contributed by atoms with E-state index in [9.17, 15) is 10.2 Å². The van der Waals surface area contributed by atoms with Crippen LogP contribution in [0.2, 0.25) is 0 Å². The van der Waals surface area contributed by atoms with Crippen LogP contribution in [-0.2, 0) is 0 Å². The molecule has 29 heavy (non-hydrogen) atoms. The van der Waals surface area contributed by atoms with Crippen LogP contribution in [0.5, 0.6) is 0 Å². The van der Waals surface area contributed by atoms with Crippen molar-refractivity contribution in [3.8, 4) is 0 Å². The molecule has 3 fully saturated rings. The number of aliphatic hydroxyl groups excluding tert-OH is 2. The van der Waals surface area contributed by atoms with Crippen molar-refractivity contribution < 1.29 is 10.2 Å². The highest BCUT2D eigenvalue weighted by Crippen LogP contribution is 2.66. The van der Waals surface area contributed by atoms with Gasteiger partial charge in [-0.3, -0.25) is 0 Å². The summed E-state index contributed by atoms with van der Waals surface area (Å²) >= 11 is 0. The molecule has 2 heteroatoms. The van der Waals surface area contributed by atoms with Crippen molar-refractivity contribution in [1.29, 1.82) is 0 Å². The molecule has 3 saturated carbocycles. The van der Waals surface area contributed by atoms with Crippen LogP contribution in [0.1, 0.15) is 78.6 Å². The summed E-state index contributed by atoms with van der Waals surface area (Å²) in [5, 5.41) is 20.8. The van der Waals surface area contributed by atoms with E-state index in [-0.39, 0.29) is 11.5 Å². The third-order valence-corrected chi connectivity index (χ3v) is 9.69. The first-order valence-corrected chi connectivity index (χ1v) is 12.1. The minimum Gasteiger partial charge on any atom is -0.396 e. The first kappa shape index (κ1) is 21.4. The molecule has 4 rings (SSSR count). The average Bonchev–Trinajstić information content (AvgIpc) is 3.04. The van der Waals surface area contributed by atoms with Crippen LogP contribution in [0.25, 0.3) is 0 Å². The van der Waals surface area contributed by atoms with E-state index in [0.29, 0.717) is 41.6 Å². The average molecular weight is 399 g/mol. The summed E-state index contributed by atoms with van der Waals surface area (Å²) in [5.74, 6) is 2.92. The summed E-state index contributed by atoms with van der Waals surface area (Å²) in [6.45, 7) is 11.5. The van der Waals surface area contributed by atoms with Gasteiger partial charge in [0.15, 0.2) is 0 Å². The fraction of sp³-hybridized carbons (Fsp3) is 0.778. The third kappa shape index (κ3) is 3.49. The fourth-order valence-electron chi connectivity index (χ4n) is 7.58. The molecule has 0 aliphatic heterocycles. The van der Waals surface area contributed by atoms with Gasteiger partial charge in [0.1, 0.15) is 0 Å². The quantitative estimate of drug-likeness (QED) is 0.553. The minimum absolute atomic E-state index is 0.0353. The first-order chi connectivity index (χ1) is 13.8. The largest absolute Gasteiger partial charge is 0.396 e. The van der Waals surface area contributed by atoms with E-state index >= 15 is 0 Å². The van der Waals surface area contributed by atoms with Gasteiger partial charge in [-0.25, -0.2) is 0 Å². The van der Waals surface area contributed by atoms with Crippen LogP contribution in [0.4, 0.5) is 0 Å². The monoisotopic (exact) mass is 398 g/mol. The predicted octanol–water partition coefficient (Wildman–Crippen LogP) is 6.06. The van der Waals surface area contributed by atoms with Crippen molar-refractivity contribution in [1.82, 2.24) is 0 Å². The molecule has 0 aromatic heterocycles. The van der Waals surface area contributed by atoms with Crippen molar-refractivity contribution in [3.63, 3.8) is 0 Å². The zero-order chi connectivity index (χ0) is 20.8. The summed E-state index contributed by atoms with van der Waals surface area (Å²) in [5.41, 5.74) is 3.42. The zero-order valence-electron chi connectivity index (χ0n) is 18.9. The fourth-order valence-corrected chi connectivity index (χ4v) is 7.58. The van der Waals surface area contributed by atoms with Crippen molar-refractivity contribution >= 4 is 0 Å². The second-order valence-electron chi connectivity index (χ2n) is 11.2. The van der Waals surface area contributed by atoms with Crippen molar-refractivity contribution in [2.75, 3.05) is 6.61 Å². The number of allylic oxidation sites excluding steroid dienone is 5. The van der Waals surface area contributed by atoms with Gasteiger partial charge in [0.25, 0.3) is 0 Å². The van der Waals surface area contributed by atoms with E-state index in [4.69, 9.17) is 0 Å². The maximum Gasteiger partial charge on any atom is 0.0543 e. The molecule has 0 spiro atoms. The Balaban J connectivity index is 1.54. The standard InChI is InChI=1S/C27H42O2/c1-18(2)19(3)6-5-7-20-9-11-24-23-10-8-21-16-22(29)12-15-27(21,17-28)25(23)13-14-26(20,24)4/h5,7,10,18,20-22,24-25,28-29H,3,6,8-9,11-17H2,1-2,4H3/b7-5-/t20-,21-,22-,24-,25-,26+,27+/m0/s1. The van der Waals surface area contributed by atoms with Crippen molar-refractivity contribution in [2.45, 2.75) is 84.7 Å². The van der Waals surface area contributed by atoms with Crippen LogP contribution in [0, 0.1) is 40.4 Å². The lowest BCUT2D eigenvalue weighted by Crippen LogP contribution is -2.52. The predicted molar refractivity (Wildman–Crippen MR) is 120 cm³/mol. The highest BCUT2D eigenvalue weighted by molar-refractivity contribution is 5.29. The van der Waals surface area contributed by atoms with Gasteiger partial charge in [-0.05, 0) is 92.8 Å². The first-order valence-electron chi connectivity index (χ1n) is 12.1. The Kier molecular flexibility index (Phi) is 5.90. The van der Waals surface area contributed by atoms with Gasteiger partial charge in [-0.1, -0.05) is 56.7 Å². The molecule has 7 atom stereocenters. The Labute approximate surface area is 178 Å². The molecule has 0 aromatic carbocycles. The molecule has 4 aliphatic rings. The second-order valence-corrected chi connectivity index (χ2v) is 11.2. The summed E-state index contributed by atoms with van der Waals surface area (Å²) in [4.78, 5) is 0. The van der Waals surface area contributed by atoms with Crippen LogP contribution < -0.4 is 0 Å². The Morgan fingerprint density at radius 2 is 2.00 bits per heavy atom. The minimum atomic E-state index is -0.162. The highest BCUT2D eigenvalue weighted by Gasteiger charge is 2.58. The van der Waals surface area contributed by atoms with Gasteiger partial charge in [0.05, 0.1) is 6.10 Å². The van der Waals surface area contributed by atoms with E-state index in [1.165, 1.54) is 31.3 Å². The Bertz CT molecular complexity index is 689. The van der Waals surface area contributed by atoms with Crippen molar-refractivity contribution in [2.24, 2.45) is 40.4 Å². The van der Waals surface area contributed by atoms with Gasteiger partial charge in [-0.2, -0.15) is 0 Å². The van der Waals surface area contributed by atoms with E-state index < -0.39 is 0 Å². The lowest BCUT2D eigenvalue weighted by Gasteiger charge is -2.58. The Morgan fingerprint density at radius 1 is 1.21 bits per heavy atom. The molecule has 0 amide bonds. The summed E-state index contributed by atoms with van der Waals surface area (Å²) < 4.78 is 0.